The summed E-state index contributed by atoms with van der Waals surface area (Å²) in [6, 6.07) is 83.1. The van der Waals surface area contributed by atoms with Crippen LogP contribution in [0.1, 0.15) is 33.7 Å². The number of rotatable bonds is 7. The normalized spacial score (nSPS) is 16.4. The summed E-state index contributed by atoms with van der Waals surface area (Å²) in [6.07, 6.45) is 9.06. The second-order valence-electron chi connectivity index (χ2n) is 17.2. The monoisotopic (exact) mass is 817 g/mol. The van der Waals surface area contributed by atoms with Crippen molar-refractivity contribution in [1.82, 2.24) is 4.57 Å². The number of aromatic nitrogens is 1. The van der Waals surface area contributed by atoms with Gasteiger partial charge in [-0.1, -0.05) is 170 Å². The number of hydrogen-bond acceptors (Lipinski definition) is 2. The molecule has 3 aliphatic rings. The van der Waals surface area contributed by atoms with E-state index in [0.29, 0.717) is 5.92 Å². The lowest BCUT2D eigenvalue weighted by atomic mass is 9.68. The summed E-state index contributed by atoms with van der Waals surface area (Å²) >= 11 is 0. The van der Waals surface area contributed by atoms with E-state index < -0.39 is 5.41 Å². The molecule has 2 unspecified atom stereocenters. The molecule has 13 rings (SSSR count). The Bertz CT molecular complexity index is 3350. The molecule has 2 aliphatic carbocycles. The maximum Gasteiger partial charge on any atom is 0.0713 e. The summed E-state index contributed by atoms with van der Waals surface area (Å²) in [6.45, 7) is 0. The average Bonchev–Trinajstić information content (AvgIpc) is 4.00. The van der Waals surface area contributed by atoms with Gasteiger partial charge in [0.25, 0.3) is 0 Å². The highest BCUT2D eigenvalue weighted by atomic mass is 15.2. The highest BCUT2D eigenvalue weighted by molar-refractivity contribution is 6.09. The third kappa shape index (κ3) is 5.34. The molecule has 3 heteroatoms. The summed E-state index contributed by atoms with van der Waals surface area (Å²) in [5.41, 5.74) is 17.9. The number of anilines is 5. The van der Waals surface area contributed by atoms with Crippen molar-refractivity contribution in [2.45, 2.75) is 17.4 Å². The van der Waals surface area contributed by atoms with Crippen LogP contribution in [0.15, 0.2) is 249 Å². The smallest absolute Gasteiger partial charge is 0.0713 e. The van der Waals surface area contributed by atoms with Crippen molar-refractivity contribution < 1.29 is 0 Å². The van der Waals surface area contributed by atoms with Crippen molar-refractivity contribution in [3.8, 4) is 16.8 Å². The van der Waals surface area contributed by atoms with E-state index in [1.54, 1.807) is 0 Å². The first-order valence-electron chi connectivity index (χ1n) is 22.3. The van der Waals surface area contributed by atoms with Crippen LogP contribution in [0.3, 0.4) is 0 Å². The first-order valence-corrected chi connectivity index (χ1v) is 22.3. The van der Waals surface area contributed by atoms with Gasteiger partial charge < -0.3 is 14.4 Å². The van der Waals surface area contributed by atoms with Gasteiger partial charge in [-0.05, 0) is 118 Å². The third-order valence-electron chi connectivity index (χ3n) is 14.0. The van der Waals surface area contributed by atoms with E-state index in [2.05, 4.69) is 263 Å². The summed E-state index contributed by atoms with van der Waals surface area (Å²) in [5.74, 6) is 0.335. The van der Waals surface area contributed by atoms with Gasteiger partial charge in [0.15, 0.2) is 0 Å². The van der Waals surface area contributed by atoms with Gasteiger partial charge >= 0.3 is 0 Å². The van der Waals surface area contributed by atoms with Gasteiger partial charge in [0, 0.05) is 50.8 Å². The van der Waals surface area contributed by atoms with Crippen molar-refractivity contribution in [2.24, 2.45) is 0 Å². The lowest BCUT2D eigenvalue weighted by Crippen LogP contribution is -2.28. The summed E-state index contributed by atoms with van der Waals surface area (Å²) in [4.78, 5) is 4.91. The number of hydrogen-bond donors (Lipinski definition) is 0. The molecule has 0 fully saturated rings. The summed E-state index contributed by atoms with van der Waals surface area (Å²) < 4.78 is 2.39. The van der Waals surface area contributed by atoms with Gasteiger partial charge in [-0.2, -0.15) is 0 Å². The minimum atomic E-state index is -0.462. The highest BCUT2D eigenvalue weighted by Crippen LogP contribution is 2.56. The SMILES string of the molecule is C1=CC2c3ccccc3N(c3ccc(N(c4ccc(-n5c6ccccc6c6ccccc65)cc4)c4ccc(C5(c6ccccc6)c6ccccc6-c6ccccc65)cc4)cc3)C2C=C1. The van der Waals surface area contributed by atoms with Crippen LogP contribution < -0.4 is 9.80 Å². The molecule has 2 heterocycles. The molecule has 302 valence electrons. The molecular formula is C61H43N3. The molecule has 0 saturated heterocycles. The van der Waals surface area contributed by atoms with Gasteiger partial charge in [0.2, 0.25) is 0 Å². The third-order valence-corrected chi connectivity index (χ3v) is 14.0. The molecule has 1 aliphatic heterocycles. The molecule has 64 heavy (non-hydrogen) atoms. The highest BCUT2D eigenvalue weighted by Gasteiger charge is 2.46. The van der Waals surface area contributed by atoms with Gasteiger partial charge in [0.05, 0.1) is 22.5 Å². The van der Waals surface area contributed by atoms with Crippen molar-refractivity contribution in [3.05, 3.63) is 277 Å². The van der Waals surface area contributed by atoms with E-state index >= 15 is 0 Å². The maximum absolute atomic E-state index is 2.50. The van der Waals surface area contributed by atoms with Crippen molar-refractivity contribution in [2.75, 3.05) is 9.80 Å². The minimum Gasteiger partial charge on any atom is -0.333 e. The Labute approximate surface area is 373 Å². The topological polar surface area (TPSA) is 11.4 Å². The van der Waals surface area contributed by atoms with Crippen molar-refractivity contribution >= 4 is 50.2 Å². The molecule has 0 amide bonds. The van der Waals surface area contributed by atoms with Crippen LogP contribution in [-0.2, 0) is 5.41 Å². The van der Waals surface area contributed by atoms with E-state index in [-0.39, 0.29) is 6.04 Å². The molecular weight excluding hydrogens is 775 g/mol. The zero-order valence-corrected chi connectivity index (χ0v) is 35.2. The fraction of sp³-hybridized carbons (Fsp3) is 0.0492. The van der Waals surface area contributed by atoms with Crippen LogP contribution in [0.2, 0.25) is 0 Å². The van der Waals surface area contributed by atoms with Crippen LogP contribution in [-0.4, -0.2) is 10.6 Å². The Morgan fingerprint density at radius 2 is 0.875 bits per heavy atom. The quantitative estimate of drug-likeness (QED) is 0.159. The van der Waals surface area contributed by atoms with E-state index in [1.807, 2.05) is 0 Å². The molecule has 1 aromatic heterocycles. The first-order chi connectivity index (χ1) is 31.8. The fourth-order valence-electron chi connectivity index (χ4n) is 11.3. The first kappa shape index (κ1) is 36.5. The number of allylic oxidation sites excluding steroid dienone is 2. The molecule has 0 radical (unpaired) electrons. The lowest BCUT2D eigenvalue weighted by molar-refractivity contribution is 0.745. The molecule has 10 aromatic rings. The molecule has 0 N–H and O–H groups in total. The minimum absolute atomic E-state index is 0.244. The maximum atomic E-state index is 2.50. The van der Waals surface area contributed by atoms with Gasteiger partial charge in [-0.15, -0.1) is 0 Å². The number of benzene rings is 9. The van der Waals surface area contributed by atoms with Crippen LogP contribution in [0, 0.1) is 0 Å². The summed E-state index contributed by atoms with van der Waals surface area (Å²) in [7, 11) is 0. The summed E-state index contributed by atoms with van der Waals surface area (Å²) in [5, 5.41) is 2.52. The lowest BCUT2D eigenvalue weighted by Gasteiger charge is -2.34. The van der Waals surface area contributed by atoms with Crippen LogP contribution in [0.4, 0.5) is 28.4 Å². The molecule has 0 saturated carbocycles. The molecule has 3 nitrogen and oxygen atoms in total. The molecule has 0 spiro atoms. The van der Waals surface area contributed by atoms with E-state index in [0.717, 1.165) is 22.7 Å². The van der Waals surface area contributed by atoms with Crippen LogP contribution in [0.25, 0.3) is 38.6 Å². The molecule has 9 aromatic carbocycles. The van der Waals surface area contributed by atoms with Crippen LogP contribution >= 0.6 is 0 Å². The van der Waals surface area contributed by atoms with E-state index in [9.17, 15) is 0 Å². The van der Waals surface area contributed by atoms with Crippen LogP contribution in [0.5, 0.6) is 0 Å². The largest absolute Gasteiger partial charge is 0.333 e. The Morgan fingerprint density at radius 1 is 0.391 bits per heavy atom. The average molecular weight is 818 g/mol. The number of fused-ring (bicyclic) bond motifs is 9. The standard InChI is InChI=1S/C61H43N3/c1-2-16-42(17-3-1)61(55-24-10-4-18-49(55)50-19-5-11-25-56(50)61)43-30-32-44(33-31-43)62(45-34-38-47(39-35-45)63-57-26-12-6-20-51(57)52-21-7-13-27-58(52)63)46-36-40-48(41-37-46)64-59-28-14-8-22-53(59)54-23-9-15-29-60(54)64/h1-41,51,57H. The number of nitrogens with zero attached hydrogens (tertiary/aromatic N) is 3. The predicted octanol–water partition coefficient (Wildman–Crippen LogP) is 15.3. The Kier molecular flexibility index (Phi) is 8.26. The second kappa shape index (κ2) is 14.5. The Hall–Kier alpha value is -8.14. The zero-order chi connectivity index (χ0) is 42.2. The van der Waals surface area contributed by atoms with E-state index in [1.165, 1.54) is 72.1 Å². The van der Waals surface area contributed by atoms with Crippen molar-refractivity contribution in [1.29, 1.82) is 0 Å². The molecule has 0 bridgehead atoms. The zero-order valence-electron chi connectivity index (χ0n) is 35.2. The Balaban J connectivity index is 0.951. The molecule has 2 atom stereocenters. The van der Waals surface area contributed by atoms with Gasteiger partial charge in [-0.25, -0.2) is 0 Å². The van der Waals surface area contributed by atoms with Gasteiger partial charge in [0.1, 0.15) is 0 Å². The van der Waals surface area contributed by atoms with E-state index in [4.69, 9.17) is 0 Å². The fourth-order valence-corrected chi connectivity index (χ4v) is 11.3. The predicted molar refractivity (Wildman–Crippen MR) is 266 cm³/mol. The number of para-hydroxylation sites is 3. The Morgan fingerprint density at radius 3 is 1.52 bits per heavy atom. The van der Waals surface area contributed by atoms with Gasteiger partial charge in [-0.3, -0.25) is 0 Å². The second-order valence-corrected chi connectivity index (χ2v) is 17.2. The van der Waals surface area contributed by atoms with Crippen molar-refractivity contribution in [3.63, 3.8) is 0 Å².